The van der Waals surface area contributed by atoms with Crippen LogP contribution in [0.15, 0.2) is 30.3 Å². The number of esters is 1. The van der Waals surface area contributed by atoms with Gasteiger partial charge in [-0.05, 0) is 25.3 Å². The molecule has 2 heteroatoms. The minimum absolute atomic E-state index is 0.0781. The summed E-state index contributed by atoms with van der Waals surface area (Å²) in [5.41, 5.74) is 0.708. The van der Waals surface area contributed by atoms with E-state index in [1.165, 1.54) is 0 Å². The number of benzene rings is 1. The van der Waals surface area contributed by atoms with Gasteiger partial charge in [0.25, 0.3) is 0 Å². The van der Waals surface area contributed by atoms with Gasteiger partial charge < -0.3 is 4.74 Å². The lowest BCUT2D eigenvalue weighted by Gasteiger charge is -2.25. The fraction of sp³-hybridized carbons (Fsp3) is 0.533. The van der Waals surface area contributed by atoms with E-state index in [0.717, 1.165) is 24.8 Å². The Balaban J connectivity index is 2.54. The lowest BCUT2D eigenvalue weighted by molar-refractivity contribution is -0.157. The molecule has 0 N–H and O–H groups in total. The predicted octanol–water partition coefficient (Wildman–Crippen LogP) is 3.95. The van der Waals surface area contributed by atoms with Crippen molar-refractivity contribution in [2.24, 2.45) is 5.41 Å². The van der Waals surface area contributed by atoms with Crippen LogP contribution in [-0.2, 0) is 16.1 Å². The molecule has 0 bridgehead atoms. The normalized spacial score (nSPS) is 14.1. The second-order valence-electron chi connectivity index (χ2n) is 4.73. The summed E-state index contributed by atoms with van der Waals surface area (Å²) in [7, 11) is 0. The van der Waals surface area contributed by atoms with Crippen molar-refractivity contribution in [3.8, 4) is 0 Å². The Hall–Kier alpha value is -1.31. The molecule has 1 aromatic rings. The number of carbonyl (C=O) groups excluding carboxylic acids is 1. The molecule has 17 heavy (non-hydrogen) atoms. The first-order valence-corrected chi connectivity index (χ1v) is 6.33. The predicted molar refractivity (Wildman–Crippen MR) is 69.5 cm³/mol. The van der Waals surface area contributed by atoms with E-state index in [0.29, 0.717) is 6.61 Å². The van der Waals surface area contributed by atoms with Crippen molar-refractivity contribution in [1.29, 1.82) is 0 Å². The van der Waals surface area contributed by atoms with Crippen LogP contribution in [-0.4, -0.2) is 5.97 Å². The summed E-state index contributed by atoms with van der Waals surface area (Å²) in [5.74, 6) is -0.0781. The van der Waals surface area contributed by atoms with Crippen LogP contribution in [0.5, 0.6) is 0 Å². The highest BCUT2D eigenvalue weighted by molar-refractivity contribution is 5.76. The Morgan fingerprint density at radius 1 is 1.24 bits per heavy atom. The molecule has 1 aromatic carbocycles. The summed E-state index contributed by atoms with van der Waals surface area (Å²) in [6, 6.07) is 9.80. The van der Waals surface area contributed by atoms with E-state index in [9.17, 15) is 4.79 Å². The molecule has 0 heterocycles. The third kappa shape index (κ3) is 3.88. The van der Waals surface area contributed by atoms with E-state index in [1.807, 2.05) is 44.2 Å². The fourth-order valence-electron chi connectivity index (χ4n) is 1.87. The second-order valence-corrected chi connectivity index (χ2v) is 4.73. The van der Waals surface area contributed by atoms with Gasteiger partial charge in [0.2, 0.25) is 0 Å². The van der Waals surface area contributed by atoms with E-state index < -0.39 is 0 Å². The smallest absolute Gasteiger partial charge is 0.312 e. The maximum Gasteiger partial charge on any atom is 0.312 e. The molecule has 0 amide bonds. The fourth-order valence-corrected chi connectivity index (χ4v) is 1.87. The Morgan fingerprint density at radius 3 is 2.41 bits per heavy atom. The maximum atomic E-state index is 12.0. The average Bonchev–Trinajstić information content (AvgIpc) is 2.37. The summed E-state index contributed by atoms with van der Waals surface area (Å²) in [6.07, 6.45) is 2.72. The van der Waals surface area contributed by atoms with Crippen LogP contribution in [0.2, 0.25) is 0 Å². The third-order valence-electron chi connectivity index (χ3n) is 3.29. The van der Waals surface area contributed by atoms with Crippen LogP contribution in [0.1, 0.15) is 45.6 Å². The van der Waals surface area contributed by atoms with Gasteiger partial charge in [-0.15, -0.1) is 0 Å². The van der Waals surface area contributed by atoms with Crippen LogP contribution >= 0.6 is 0 Å². The molecule has 1 unspecified atom stereocenters. The lowest BCUT2D eigenvalue weighted by Crippen LogP contribution is -2.29. The lowest BCUT2D eigenvalue weighted by atomic mass is 9.83. The van der Waals surface area contributed by atoms with Crippen LogP contribution in [0, 0.1) is 5.41 Å². The van der Waals surface area contributed by atoms with Gasteiger partial charge in [0.05, 0.1) is 5.41 Å². The van der Waals surface area contributed by atoms with Crippen molar-refractivity contribution in [3.05, 3.63) is 35.9 Å². The van der Waals surface area contributed by atoms with Crippen LogP contribution in [0.3, 0.4) is 0 Å². The molecule has 0 aliphatic rings. The van der Waals surface area contributed by atoms with Gasteiger partial charge in [-0.2, -0.15) is 0 Å². The highest BCUT2D eigenvalue weighted by Crippen LogP contribution is 2.29. The molecule has 94 valence electrons. The zero-order chi connectivity index (χ0) is 12.7. The number of hydrogen-bond acceptors (Lipinski definition) is 2. The van der Waals surface area contributed by atoms with Crippen molar-refractivity contribution in [2.45, 2.75) is 46.6 Å². The van der Waals surface area contributed by atoms with E-state index >= 15 is 0 Å². The largest absolute Gasteiger partial charge is 0.460 e. The second kappa shape index (κ2) is 6.43. The van der Waals surface area contributed by atoms with Gasteiger partial charge in [-0.3, -0.25) is 4.79 Å². The topological polar surface area (TPSA) is 26.3 Å². The first-order chi connectivity index (χ1) is 8.12. The Bertz CT molecular complexity index is 345. The molecule has 0 fully saturated rings. The Morgan fingerprint density at radius 2 is 1.88 bits per heavy atom. The molecule has 0 aromatic heterocycles. The molecule has 2 nitrogen and oxygen atoms in total. The maximum absolute atomic E-state index is 12.0. The van der Waals surface area contributed by atoms with Gasteiger partial charge >= 0.3 is 5.97 Å². The zero-order valence-electron chi connectivity index (χ0n) is 11.0. The quantitative estimate of drug-likeness (QED) is 0.697. The average molecular weight is 234 g/mol. The van der Waals surface area contributed by atoms with Gasteiger partial charge in [-0.25, -0.2) is 0 Å². The van der Waals surface area contributed by atoms with E-state index in [1.54, 1.807) is 0 Å². The standard InChI is InChI=1S/C15H22O2/c1-4-11-15(3,5-2)14(16)17-12-13-9-7-6-8-10-13/h6-10H,4-5,11-12H2,1-3H3. The molecular formula is C15H22O2. The minimum Gasteiger partial charge on any atom is -0.460 e. The van der Waals surface area contributed by atoms with Gasteiger partial charge in [0, 0.05) is 0 Å². The number of carbonyl (C=O) groups is 1. The van der Waals surface area contributed by atoms with Crippen LogP contribution in [0.25, 0.3) is 0 Å². The molecule has 0 spiro atoms. The summed E-state index contributed by atoms with van der Waals surface area (Å²) < 4.78 is 5.40. The van der Waals surface area contributed by atoms with E-state index in [-0.39, 0.29) is 11.4 Å². The van der Waals surface area contributed by atoms with E-state index in [2.05, 4.69) is 6.92 Å². The molecule has 0 aliphatic carbocycles. The summed E-state index contributed by atoms with van der Waals surface area (Å²) in [5, 5.41) is 0. The summed E-state index contributed by atoms with van der Waals surface area (Å²) >= 11 is 0. The number of rotatable bonds is 6. The minimum atomic E-state index is -0.330. The van der Waals surface area contributed by atoms with Crippen molar-refractivity contribution in [2.75, 3.05) is 0 Å². The molecule has 1 atom stereocenters. The van der Waals surface area contributed by atoms with Crippen LogP contribution in [0.4, 0.5) is 0 Å². The first kappa shape index (κ1) is 13.8. The zero-order valence-corrected chi connectivity index (χ0v) is 11.0. The number of hydrogen-bond donors (Lipinski definition) is 0. The Kier molecular flexibility index (Phi) is 5.20. The highest BCUT2D eigenvalue weighted by Gasteiger charge is 2.31. The summed E-state index contributed by atoms with van der Waals surface area (Å²) in [4.78, 5) is 12.0. The number of ether oxygens (including phenoxy) is 1. The van der Waals surface area contributed by atoms with Gasteiger partial charge in [0.1, 0.15) is 6.61 Å². The molecule has 0 saturated heterocycles. The van der Waals surface area contributed by atoms with Crippen molar-refractivity contribution < 1.29 is 9.53 Å². The first-order valence-electron chi connectivity index (χ1n) is 6.33. The molecule has 0 saturated carbocycles. The summed E-state index contributed by atoms with van der Waals surface area (Å²) in [6.45, 7) is 6.50. The monoisotopic (exact) mass is 234 g/mol. The molecular weight excluding hydrogens is 212 g/mol. The molecule has 0 radical (unpaired) electrons. The highest BCUT2D eigenvalue weighted by atomic mass is 16.5. The molecule has 0 aliphatic heterocycles. The van der Waals surface area contributed by atoms with Crippen LogP contribution < -0.4 is 0 Å². The molecule has 1 rings (SSSR count). The van der Waals surface area contributed by atoms with Gasteiger partial charge in [0.15, 0.2) is 0 Å². The van der Waals surface area contributed by atoms with Crippen molar-refractivity contribution in [3.63, 3.8) is 0 Å². The Labute approximate surface area is 104 Å². The van der Waals surface area contributed by atoms with Crippen molar-refractivity contribution in [1.82, 2.24) is 0 Å². The SMILES string of the molecule is CCCC(C)(CC)C(=O)OCc1ccccc1. The van der Waals surface area contributed by atoms with Crippen molar-refractivity contribution >= 4 is 5.97 Å². The van der Waals surface area contributed by atoms with Gasteiger partial charge in [-0.1, -0.05) is 50.6 Å². The third-order valence-corrected chi connectivity index (χ3v) is 3.29. The van der Waals surface area contributed by atoms with E-state index in [4.69, 9.17) is 4.74 Å².